The zero-order valence-electron chi connectivity index (χ0n) is 24.6. The Morgan fingerprint density at radius 2 is 1.53 bits per heavy atom. The summed E-state index contributed by atoms with van der Waals surface area (Å²) in [6.45, 7) is 19.9. The topological polar surface area (TPSA) is 36.9 Å². The first-order chi connectivity index (χ1) is 16.8. The van der Waals surface area contributed by atoms with Gasteiger partial charge in [0.1, 0.15) is 0 Å². The molecule has 1 aromatic rings. The van der Waals surface area contributed by atoms with Gasteiger partial charge in [-0.05, 0) is 81.4 Å². The summed E-state index contributed by atoms with van der Waals surface area (Å²) in [7, 11) is -0.592. The van der Waals surface area contributed by atoms with E-state index in [9.17, 15) is 4.39 Å². The lowest BCUT2D eigenvalue weighted by atomic mass is 9.75. The molecule has 1 aromatic carbocycles. The Hall–Kier alpha value is -1.11. The highest BCUT2D eigenvalue weighted by Crippen LogP contribution is 2.37. The first kappa shape index (κ1) is 31.1. The van der Waals surface area contributed by atoms with E-state index in [1.165, 1.54) is 51.0 Å². The van der Waals surface area contributed by atoms with Crippen molar-refractivity contribution >= 4 is 12.6 Å². The van der Waals surface area contributed by atoms with Gasteiger partial charge in [0.05, 0.1) is 17.8 Å². The Morgan fingerprint density at radius 3 is 2.11 bits per heavy atom. The molecule has 0 N–H and O–H groups in total. The molecular weight excluding hydrogens is 454 g/mol. The highest BCUT2D eigenvalue weighted by Gasteiger charge is 2.52. The van der Waals surface area contributed by atoms with Crippen LogP contribution in [0.3, 0.4) is 0 Å². The second kappa shape index (κ2) is 13.6. The first-order valence-electron chi connectivity index (χ1n) is 14.2. The molecule has 0 amide bonds. The van der Waals surface area contributed by atoms with Crippen molar-refractivity contribution in [3.8, 4) is 5.75 Å². The van der Waals surface area contributed by atoms with Crippen LogP contribution >= 0.6 is 0 Å². The molecule has 0 aliphatic carbocycles. The van der Waals surface area contributed by atoms with Crippen molar-refractivity contribution in [1.82, 2.24) is 0 Å². The summed E-state index contributed by atoms with van der Waals surface area (Å²) in [4.78, 5) is 0. The second-order valence-electron chi connectivity index (χ2n) is 12.5. The summed E-state index contributed by atoms with van der Waals surface area (Å²) in [6.07, 6.45) is 10.9. The zero-order chi connectivity index (χ0) is 27.0. The lowest BCUT2D eigenvalue weighted by Crippen LogP contribution is -2.41. The van der Waals surface area contributed by atoms with Gasteiger partial charge in [-0.15, -0.1) is 0 Å². The second-order valence-corrected chi connectivity index (χ2v) is 12.5. The van der Waals surface area contributed by atoms with Crippen LogP contribution in [0.4, 0.5) is 4.39 Å². The Bertz CT molecular complexity index is 787. The summed E-state index contributed by atoms with van der Waals surface area (Å²) < 4.78 is 38.8. The van der Waals surface area contributed by atoms with Crippen LogP contribution in [-0.4, -0.2) is 31.7 Å². The number of rotatable bonds is 15. The van der Waals surface area contributed by atoms with Crippen molar-refractivity contribution in [2.24, 2.45) is 11.3 Å². The molecule has 36 heavy (non-hydrogen) atoms. The number of halogens is 1. The third kappa shape index (κ3) is 8.73. The van der Waals surface area contributed by atoms with Crippen molar-refractivity contribution < 1.29 is 23.2 Å². The van der Waals surface area contributed by atoms with Gasteiger partial charge in [-0.25, -0.2) is 4.39 Å². The molecule has 206 valence electrons. The fraction of sp³-hybridized carbons (Fsp3) is 0.800. The van der Waals surface area contributed by atoms with Crippen molar-refractivity contribution in [1.29, 1.82) is 0 Å². The molecule has 1 fully saturated rings. The molecule has 1 saturated heterocycles. The van der Waals surface area contributed by atoms with Crippen molar-refractivity contribution in [3.05, 3.63) is 23.5 Å². The third-order valence-corrected chi connectivity index (χ3v) is 8.12. The molecule has 0 bridgehead atoms. The van der Waals surface area contributed by atoms with E-state index < -0.39 is 24.1 Å². The summed E-state index contributed by atoms with van der Waals surface area (Å²) in [5, 5.41) is 0. The van der Waals surface area contributed by atoms with E-state index in [1.54, 1.807) is 6.07 Å². The highest BCUT2D eigenvalue weighted by atomic mass is 19.1. The van der Waals surface area contributed by atoms with Crippen LogP contribution < -0.4 is 10.2 Å². The normalized spacial score (nSPS) is 18.0. The average molecular weight is 507 g/mol. The van der Waals surface area contributed by atoms with Crippen LogP contribution in [0, 0.1) is 17.2 Å². The number of benzene rings is 1. The first-order valence-corrected chi connectivity index (χ1v) is 14.2. The minimum Gasteiger partial charge on any atom is -0.464 e. The quantitative estimate of drug-likeness (QED) is 0.138. The zero-order valence-corrected chi connectivity index (χ0v) is 24.6. The number of unbranched alkanes of at least 4 members (excludes halogenated alkanes) is 5. The summed E-state index contributed by atoms with van der Waals surface area (Å²) in [5.41, 5.74) is 0.991. The summed E-state index contributed by atoms with van der Waals surface area (Å²) in [5.74, 6) is 0.397. The van der Waals surface area contributed by atoms with Crippen LogP contribution in [-0.2, 0) is 20.5 Å². The maximum absolute atomic E-state index is 15.0. The Morgan fingerprint density at radius 1 is 0.917 bits per heavy atom. The van der Waals surface area contributed by atoms with E-state index in [0.717, 1.165) is 23.9 Å². The van der Waals surface area contributed by atoms with E-state index >= 15 is 0 Å². The minimum absolute atomic E-state index is 0.0454. The Labute approximate surface area is 221 Å². The fourth-order valence-electron chi connectivity index (χ4n) is 4.79. The molecule has 0 spiro atoms. The maximum atomic E-state index is 15.0. The minimum atomic E-state index is -0.592. The molecule has 1 aliphatic rings. The van der Waals surface area contributed by atoms with Gasteiger partial charge >= 0.3 is 7.12 Å². The Kier molecular flexibility index (Phi) is 11.8. The number of ether oxygens (including phenoxy) is 2. The van der Waals surface area contributed by atoms with Crippen molar-refractivity contribution in [2.75, 3.05) is 13.4 Å². The van der Waals surface area contributed by atoms with E-state index in [4.69, 9.17) is 18.8 Å². The lowest BCUT2D eigenvalue weighted by Gasteiger charge is -2.32. The Balaban J connectivity index is 1.86. The van der Waals surface area contributed by atoms with Crippen LogP contribution in [0.1, 0.15) is 119 Å². The predicted octanol–water partition coefficient (Wildman–Crippen LogP) is 7.84. The average Bonchev–Trinajstić information content (AvgIpc) is 3.00. The number of hydrogen-bond donors (Lipinski definition) is 0. The summed E-state index contributed by atoms with van der Waals surface area (Å²) in [6, 6.07) is 3.25. The van der Waals surface area contributed by atoms with Gasteiger partial charge < -0.3 is 18.8 Å². The maximum Gasteiger partial charge on any atom is 0.495 e. The molecule has 0 aromatic heterocycles. The molecular formula is C30H52BFO4. The third-order valence-electron chi connectivity index (χ3n) is 8.12. The smallest absolute Gasteiger partial charge is 0.464 e. The predicted molar refractivity (Wildman–Crippen MR) is 148 cm³/mol. The van der Waals surface area contributed by atoms with Gasteiger partial charge in [-0.1, -0.05) is 73.1 Å². The van der Waals surface area contributed by atoms with E-state index in [0.29, 0.717) is 12.5 Å². The largest absolute Gasteiger partial charge is 0.495 e. The van der Waals surface area contributed by atoms with Crippen molar-refractivity contribution in [3.63, 3.8) is 0 Å². The van der Waals surface area contributed by atoms with Gasteiger partial charge in [-0.2, -0.15) is 0 Å². The van der Waals surface area contributed by atoms with E-state index in [1.807, 2.05) is 34.6 Å². The molecule has 1 unspecified atom stereocenters. The van der Waals surface area contributed by atoms with E-state index in [-0.39, 0.29) is 18.0 Å². The molecule has 0 radical (unpaired) electrons. The van der Waals surface area contributed by atoms with Gasteiger partial charge in [0.15, 0.2) is 18.4 Å². The van der Waals surface area contributed by atoms with Crippen LogP contribution in [0.15, 0.2) is 12.1 Å². The molecule has 1 heterocycles. The molecule has 6 heteroatoms. The van der Waals surface area contributed by atoms with Gasteiger partial charge in [0, 0.05) is 0 Å². The van der Waals surface area contributed by atoms with Gasteiger partial charge in [-0.3, -0.25) is 0 Å². The molecule has 4 nitrogen and oxygen atoms in total. The SMILES string of the molecule is CCCCCCCCC(CCOCOc1cc(CC)c(B2OC(C)(C)C(C)(C)O2)cc1F)C(C)(C)C. The van der Waals surface area contributed by atoms with Gasteiger partial charge in [0.2, 0.25) is 0 Å². The monoisotopic (exact) mass is 506 g/mol. The fourth-order valence-corrected chi connectivity index (χ4v) is 4.79. The number of aryl methyl sites for hydroxylation is 1. The van der Waals surface area contributed by atoms with Crippen molar-refractivity contribution in [2.45, 2.75) is 131 Å². The van der Waals surface area contributed by atoms with Crippen LogP contribution in [0.25, 0.3) is 0 Å². The lowest BCUT2D eigenvalue weighted by molar-refractivity contribution is 0.000116. The van der Waals surface area contributed by atoms with Crippen LogP contribution in [0.2, 0.25) is 0 Å². The molecule has 1 aliphatic heterocycles. The number of hydrogen-bond acceptors (Lipinski definition) is 4. The van der Waals surface area contributed by atoms with E-state index in [2.05, 4.69) is 27.7 Å². The molecule has 0 saturated carbocycles. The molecule has 1 atom stereocenters. The standard InChI is InChI=1S/C30H52BFO4/c1-10-12-13-14-15-16-17-24(28(3,4)5)18-19-33-22-34-27-20-23(11-2)25(21-26(27)32)31-35-29(6,7)30(8,9)36-31/h20-21,24H,10-19,22H2,1-9H3. The molecule has 2 rings (SSSR count). The summed E-state index contributed by atoms with van der Waals surface area (Å²) >= 11 is 0. The van der Waals surface area contributed by atoms with Gasteiger partial charge in [0.25, 0.3) is 0 Å². The highest BCUT2D eigenvalue weighted by molar-refractivity contribution is 6.62. The van der Waals surface area contributed by atoms with Crippen LogP contribution in [0.5, 0.6) is 5.75 Å².